The number of carboxylic acids is 1. The van der Waals surface area contributed by atoms with Gasteiger partial charge in [-0.1, -0.05) is 43.5 Å². The van der Waals surface area contributed by atoms with E-state index >= 15 is 0 Å². The van der Waals surface area contributed by atoms with E-state index < -0.39 is 62.1 Å². The Bertz CT molecular complexity index is 1530. The van der Waals surface area contributed by atoms with Gasteiger partial charge in [0, 0.05) is 30.9 Å². The smallest absolute Gasteiger partial charge is 0.339 e. The third kappa shape index (κ3) is 6.71. The predicted octanol–water partition coefficient (Wildman–Crippen LogP) is 5.41. The topological polar surface area (TPSA) is 115 Å². The second kappa shape index (κ2) is 12.3. The highest BCUT2D eigenvalue weighted by atomic mass is 32.2. The summed E-state index contributed by atoms with van der Waals surface area (Å²) in [6.45, 7) is -0.955. The van der Waals surface area contributed by atoms with Gasteiger partial charge in [-0.2, -0.15) is 4.31 Å². The van der Waals surface area contributed by atoms with Gasteiger partial charge in [0.2, 0.25) is 15.9 Å². The van der Waals surface area contributed by atoms with Crippen LogP contribution in [0.3, 0.4) is 0 Å². The van der Waals surface area contributed by atoms with Gasteiger partial charge in [-0.05, 0) is 42.0 Å². The van der Waals surface area contributed by atoms with E-state index in [1.165, 1.54) is 18.1 Å². The van der Waals surface area contributed by atoms with E-state index in [1.54, 1.807) is 0 Å². The van der Waals surface area contributed by atoms with Gasteiger partial charge in [0.1, 0.15) is 28.8 Å². The number of likely N-dealkylation sites (N-methyl/N-ethyl adjacent to an activating group) is 1. The van der Waals surface area contributed by atoms with Crippen molar-refractivity contribution in [2.75, 3.05) is 18.5 Å². The summed E-state index contributed by atoms with van der Waals surface area (Å²) in [5, 5.41) is 19.5. The fourth-order valence-corrected chi connectivity index (χ4v) is 6.20. The summed E-state index contributed by atoms with van der Waals surface area (Å²) in [4.78, 5) is 24.6. The molecule has 1 fully saturated rings. The Kier molecular flexibility index (Phi) is 9.03. The number of phenols is 1. The molecule has 0 bridgehead atoms. The van der Waals surface area contributed by atoms with E-state index in [9.17, 15) is 41.4 Å². The Balaban J connectivity index is 1.63. The number of rotatable bonds is 9. The molecule has 3 aromatic carbocycles. The van der Waals surface area contributed by atoms with Crippen LogP contribution < -0.4 is 4.90 Å². The summed E-state index contributed by atoms with van der Waals surface area (Å²) < 4.78 is 68.2. The van der Waals surface area contributed by atoms with Gasteiger partial charge in [0.15, 0.2) is 4.90 Å². The summed E-state index contributed by atoms with van der Waals surface area (Å²) in [7, 11) is -3.96. The van der Waals surface area contributed by atoms with Crippen molar-refractivity contribution < 1.29 is 41.4 Å². The number of aromatic carboxylic acids is 1. The van der Waals surface area contributed by atoms with Crippen molar-refractivity contribution in [3.8, 4) is 5.75 Å². The second-order valence-electron chi connectivity index (χ2n) is 10.0. The summed E-state index contributed by atoms with van der Waals surface area (Å²) >= 11 is 0. The number of benzene rings is 3. The highest BCUT2D eigenvalue weighted by Crippen LogP contribution is 2.33. The van der Waals surface area contributed by atoms with Crippen LogP contribution in [-0.2, 0) is 21.4 Å². The fraction of sp³-hybridized carbons (Fsp3) is 0.310. The Hall–Kier alpha value is -3.90. The van der Waals surface area contributed by atoms with E-state index in [-0.39, 0.29) is 24.4 Å². The third-order valence-electron chi connectivity index (χ3n) is 7.21. The largest absolute Gasteiger partial charge is 0.507 e. The molecule has 0 aliphatic heterocycles. The summed E-state index contributed by atoms with van der Waals surface area (Å²) in [6.07, 6.45) is 5.72. The summed E-state index contributed by atoms with van der Waals surface area (Å²) in [6, 6.07) is 11.5. The Morgan fingerprint density at radius 2 is 1.54 bits per heavy atom. The molecule has 0 aromatic heterocycles. The molecule has 2 N–H and O–H groups in total. The van der Waals surface area contributed by atoms with Crippen molar-refractivity contribution in [1.82, 2.24) is 4.31 Å². The number of carbonyl (C=O) groups excluding carboxylic acids is 1. The zero-order chi connectivity index (χ0) is 29.9. The molecule has 0 radical (unpaired) electrons. The first-order valence-corrected chi connectivity index (χ1v) is 14.4. The van der Waals surface area contributed by atoms with Crippen molar-refractivity contribution in [2.45, 2.75) is 49.5 Å². The zero-order valence-electron chi connectivity index (χ0n) is 22.2. The lowest BCUT2D eigenvalue weighted by Gasteiger charge is -2.27. The van der Waals surface area contributed by atoms with Crippen molar-refractivity contribution >= 4 is 27.6 Å². The number of amides is 1. The average molecular weight is 591 g/mol. The van der Waals surface area contributed by atoms with Gasteiger partial charge in [-0.15, -0.1) is 0 Å². The van der Waals surface area contributed by atoms with E-state index in [0.29, 0.717) is 15.8 Å². The fourth-order valence-electron chi connectivity index (χ4n) is 5.00. The summed E-state index contributed by atoms with van der Waals surface area (Å²) in [5.41, 5.74) is 1.50. The van der Waals surface area contributed by atoms with Crippen LogP contribution in [0.2, 0.25) is 0 Å². The molecular weight excluding hydrogens is 561 g/mol. The molecule has 0 atom stereocenters. The number of aromatic hydroxyl groups is 1. The van der Waals surface area contributed by atoms with Gasteiger partial charge in [0.05, 0.1) is 13.1 Å². The molecule has 12 heteroatoms. The highest BCUT2D eigenvalue weighted by molar-refractivity contribution is 7.89. The molecule has 1 aliphatic rings. The zero-order valence-corrected chi connectivity index (χ0v) is 23.0. The molecule has 0 unspecified atom stereocenters. The SMILES string of the molecule is CN(CC(=O)N(Cc1ccc(C2CCCCC2)cc1)c1ccc(C(=O)O)c(O)c1)S(=O)(=O)c1c(F)cc(F)cc1F. The van der Waals surface area contributed by atoms with Gasteiger partial charge in [-0.25, -0.2) is 26.4 Å². The van der Waals surface area contributed by atoms with Crippen molar-refractivity contribution in [2.24, 2.45) is 0 Å². The van der Waals surface area contributed by atoms with Crippen molar-refractivity contribution in [1.29, 1.82) is 0 Å². The minimum Gasteiger partial charge on any atom is -0.507 e. The van der Waals surface area contributed by atoms with Crippen LogP contribution in [-0.4, -0.2) is 48.4 Å². The van der Waals surface area contributed by atoms with Gasteiger partial charge in [0.25, 0.3) is 0 Å². The monoisotopic (exact) mass is 590 g/mol. The van der Waals surface area contributed by atoms with Crippen LogP contribution >= 0.6 is 0 Å². The Morgan fingerprint density at radius 3 is 2.10 bits per heavy atom. The molecule has 1 aliphatic carbocycles. The van der Waals surface area contributed by atoms with Gasteiger partial charge < -0.3 is 15.1 Å². The molecule has 1 amide bonds. The Morgan fingerprint density at radius 1 is 0.927 bits per heavy atom. The highest BCUT2D eigenvalue weighted by Gasteiger charge is 2.32. The van der Waals surface area contributed by atoms with Gasteiger partial charge in [-0.3, -0.25) is 4.79 Å². The number of anilines is 1. The first-order valence-electron chi connectivity index (χ1n) is 12.9. The number of hydrogen-bond donors (Lipinski definition) is 2. The molecular formula is C29H29F3N2O6S. The quantitative estimate of drug-likeness (QED) is 0.345. The molecule has 4 rings (SSSR count). The van der Waals surface area contributed by atoms with Crippen molar-refractivity contribution in [3.05, 3.63) is 88.7 Å². The first-order chi connectivity index (χ1) is 19.4. The molecule has 0 saturated heterocycles. The molecule has 0 spiro atoms. The molecule has 0 heterocycles. The Labute approximate surface area is 235 Å². The number of sulfonamides is 1. The minimum atomic E-state index is -4.90. The van der Waals surface area contributed by atoms with Crippen molar-refractivity contribution in [3.63, 3.8) is 0 Å². The molecule has 8 nitrogen and oxygen atoms in total. The van der Waals surface area contributed by atoms with Crippen LogP contribution in [0.1, 0.15) is 59.5 Å². The lowest BCUT2D eigenvalue weighted by atomic mass is 9.84. The molecule has 41 heavy (non-hydrogen) atoms. The van der Waals surface area contributed by atoms with Gasteiger partial charge >= 0.3 is 5.97 Å². The van der Waals surface area contributed by atoms with E-state index in [1.807, 2.05) is 24.3 Å². The van der Waals surface area contributed by atoms with Crippen LogP contribution in [0.15, 0.2) is 59.5 Å². The number of carbonyl (C=O) groups is 2. The maximum atomic E-state index is 14.3. The maximum absolute atomic E-state index is 14.3. The third-order valence-corrected chi connectivity index (χ3v) is 9.07. The number of nitrogens with zero attached hydrogens (tertiary/aromatic N) is 2. The normalized spacial score (nSPS) is 14.3. The number of carboxylic acid groups (broad SMARTS) is 1. The van der Waals surface area contributed by atoms with E-state index in [0.717, 1.165) is 49.8 Å². The number of hydrogen-bond acceptors (Lipinski definition) is 5. The standard InChI is InChI=1S/C29H29F3N2O6S/c1-33(41(39,40)28-24(31)13-21(30)14-25(28)32)17-27(36)34(22-11-12-23(29(37)38)26(35)15-22)16-18-7-9-20(10-8-18)19-5-3-2-4-6-19/h7-15,19,35H,2-6,16-17H2,1H3,(H,37,38). The van der Waals surface area contributed by atoms with Crippen LogP contribution in [0.25, 0.3) is 0 Å². The van der Waals surface area contributed by atoms with E-state index in [4.69, 9.17) is 0 Å². The minimum absolute atomic E-state index is 0.0683. The molecule has 3 aromatic rings. The predicted molar refractivity (Wildman–Crippen MR) is 145 cm³/mol. The van der Waals surface area contributed by atoms with Crippen LogP contribution in [0, 0.1) is 17.5 Å². The number of halogens is 3. The average Bonchev–Trinajstić information content (AvgIpc) is 2.91. The maximum Gasteiger partial charge on any atom is 0.339 e. The second-order valence-corrected chi connectivity index (χ2v) is 12.0. The van der Waals surface area contributed by atoms with Crippen LogP contribution in [0.4, 0.5) is 18.9 Å². The molecule has 218 valence electrons. The lowest BCUT2D eigenvalue weighted by Crippen LogP contribution is -2.41. The lowest BCUT2D eigenvalue weighted by molar-refractivity contribution is -0.118. The van der Waals surface area contributed by atoms with Crippen LogP contribution in [0.5, 0.6) is 5.75 Å². The molecule has 1 saturated carbocycles. The van der Waals surface area contributed by atoms with E-state index in [2.05, 4.69) is 0 Å². The first kappa shape index (κ1) is 30.1. The summed E-state index contributed by atoms with van der Waals surface area (Å²) in [5.74, 6) is -6.99.